The fraction of sp³-hybridized carbons (Fsp3) is 0.375. The largest absolute Gasteiger partial charge is 0.351 e. The van der Waals surface area contributed by atoms with Crippen LogP contribution >= 0.6 is 0 Å². The number of H-pyrrole nitrogens is 1. The number of aromatic amines is 1. The van der Waals surface area contributed by atoms with Gasteiger partial charge in [-0.2, -0.15) is 5.10 Å². The van der Waals surface area contributed by atoms with E-state index in [0.717, 1.165) is 18.5 Å². The number of benzene rings is 1. The van der Waals surface area contributed by atoms with Gasteiger partial charge in [0.05, 0.1) is 11.8 Å². The topological polar surface area (TPSA) is 57.8 Å². The van der Waals surface area contributed by atoms with Crippen LogP contribution in [0, 0.1) is 6.92 Å². The molecule has 20 heavy (non-hydrogen) atoms. The van der Waals surface area contributed by atoms with Gasteiger partial charge in [-0.05, 0) is 37.3 Å². The normalized spacial score (nSPS) is 17.6. The zero-order valence-corrected chi connectivity index (χ0v) is 11.6. The highest BCUT2D eigenvalue weighted by molar-refractivity contribution is 5.94. The molecule has 1 amide bonds. The number of amides is 1. The molecule has 2 aromatic rings. The molecule has 0 aliphatic heterocycles. The highest BCUT2D eigenvalue weighted by Crippen LogP contribution is 2.30. The van der Waals surface area contributed by atoms with Gasteiger partial charge in [0.25, 0.3) is 5.91 Å². The van der Waals surface area contributed by atoms with Crippen molar-refractivity contribution in [2.24, 2.45) is 0 Å². The van der Waals surface area contributed by atoms with E-state index in [2.05, 4.69) is 39.8 Å². The highest BCUT2D eigenvalue weighted by atomic mass is 16.1. The summed E-state index contributed by atoms with van der Waals surface area (Å²) in [5.41, 5.74) is 4.26. The number of carbonyl (C=O) groups excluding carboxylic acids is 1. The molecule has 0 radical (unpaired) electrons. The highest BCUT2D eigenvalue weighted by Gasteiger charge is 2.20. The monoisotopic (exact) mass is 269 g/mol. The predicted octanol–water partition coefficient (Wildman–Crippen LogP) is 2.57. The summed E-state index contributed by atoms with van der Waals surface area (Å²) in [5.74, 6) is 0.385. The van der Waals surface area contributed by atoms with Gasteiger partial charge in [0.1, 0.15) is 0 Å². The quantitative estimate of drug-likeness (QED) is 0.899. The average Bonchev–Trinajstić information content (AvgIpc) is 2.91. The van der Waals surface area contributed by atoms with Crippen molar-refractivity contribution in [3.05, 3.63) is 52.8 Å². The van der Waals surface area contributed by atoms with Crippen molar-refractivity contribution in [1.82, 2.24) is 15.5 Å². The number of nitrogens with zero attached hydrogens (tertiary/aromatic N) is 1. The molecule has 1 aliphatic carbocycles. The van der Waals surface area contributed by atoms with Gasteiger partial charge in [-0.1, -0.05) is 24.3 Å². The Morgan fingerprint density at radius 2 is 2.30 bits per heavy atom. The molecule has 0 spiro atoms. The minimum atomic E-state index is -0.0423. The second-order valence-corrected chi connectivity index (χ2v) is 5.41. The zero-order chi connectivity index (χ0) is 13.9. The summed E-state index contributed by atoms with van der Waals surface area (Å²) >= 11 is 0. The van der Waals surface area contributed by atoms with Gasteiger partial charge in [-0.15, -0.1) is 0 Å². The number of hydrogen-bond acceptors (Lipinski definition) is 2. The Morgan fingerprint density at radius 1 is 1.45 bits per heavy atom. The van der Waals surface area contributed by atoms with Gasteiger partial charge in [-0.3, -0.25) is 9.89 Å². The van der Waals surface area contributed by atoms with Gasteiger partial charge >= 0.3 is 0 Å². The van der Waals surface area contributed by atoms with Gasteiger partial charge < -0.3 is 5.32 Å². The van der Waals surface area contributed by atoms with Crippen molar-refractivity contribution in [3.8, 4) is 0 Å². The third-order valence-corrected chi connectivity index (χ3v) is 4.08. The molecule has 2 N–H and O–H groups in total. The van der Waals surface area contributed by atoms with E-state index in [4.69, 9.17) is 0 Å². The number of rotatable bonds is 3. The van der Waals surface area contributed by atoms with Crippen LogP contribution in [0.15, 0.2) is 30.5 Å². The molecule has 0 saturated carbocycles. The molecule has 0 fully saturated rings. The zero-order valence-electron chi connectivity index (χ0n) is 11.6. The Hall–Kier alpha value is -2.10. The van der Waals surface area contributed by atoms with Crippen molar-refractivity contribution in [2.45, 2.75) is 32.1 Å². The number of carbonyl (C=O) groups is 1. The molecular weight excluding hydrogens is 250 g/mol. The van der Waals surface area contributed by atoms with E-state index in [1.54, 1.807) is 6.20 Å². The lowest BCUT2D eigenvalue weighted by atomic mass is 9.83. The summed E-state index contributed by atoms with van der Waals surface area (Å²) in [7, 11) is 0. The smallest absolute Gasteiger partial charge is 0.254 e. The number of hydrogen-bond donors (Lipinski definition) is 2. The molecule has 0 saturated heterocycles. The fourth-order valence-electron chi connectivity index (χ4n) is 2.96. The molecule has 104 valence electrons. The third-order valence-electron chi connectivity index (χ3n) is 4.08. The van der Waals surface area contributed by atoms with Crippen molar-refractivity contribution >= 4 is 5.91 Å². The van der Waals surface area contributed by atoms with E-state index in [-0.39, 0.29) is 5.91 Å². The molecule has 3 rings (SSSR count). The minimum Gasteiger partial charge on any atom is -0.351 e. The van der Waals surface area contributed by atoms with Crippen LogP contribution in [-0.2, 0) is 6.42 Å². The van der Waals surface area contributed by atoms with E-state index in [9.17, 15) is 4.79 Å². The van der Waals surface area contributed by atoms with Crippen LogP contribution in [-0.4, -0.2) is 22.6 Å². The van der Waals surface area contributed by atoms with Crippen molar-refractivity contribution in [3.63, 3.8) is 0 Å². The predicted molar refractivity (Wildman–Crippen MR) is 77.8 cm³/mol. The summed E-state index contributed by atoms with van der Waals surface area (Å²) in [4.78, 5) is 12.1. The molecule has 1 aliphatic rings. The van der Waals surface area contributed by atoms with Crippen molar-refractivity contribution in [1.29, 1.82) is 0 Å². The molecule has 4 nitrogen and oxygen atoms in total. The molecule has 1 aromatic heterocycles. The fourth-order valence-corrected chi connectivity index (χ4v) is 2.96. The first-order valence-corrected chi connectivity index (χ1v) is 7.11. The SMILES string of the molecule is Cc1[nH]ncc1C(=O)NC[C@@H]1CCCc2ccccc21. The maximum absolute atomic E-state index is 12.1. The lowest BCUT2D eigenvalue weighted by Crippen LogP contribution is -2.30. The van der Waals surface area contributed by atoms with Gasteiger partial charge in [0.15, 0.2) is 0 Å². The van der Waals surface area contributed by atoms with Crippen LogP contribution < -0.4 is 5.32 Å². The van der Waals surface area contributed by atoms with Crippen LogP contribution in [0.5, 0.6) is 0 Å². The molecule has 0 unspecified atom stereocenters. The van der Waals surface area contributed by atoms with Gasteiger partial charge in [-0.25, -0.2) is 0 Å². The van der Waals surface area contributed by atoms with Gasteiger partial charge in [0, 0.05) is 18.2 Å². The standard InChI is InChI=1S/C16H19N3O/c1-11-15(10-18-19-11)16(20)17-9-13-7-4-6-12-5-2-3-8-14(12)13/h2-3,5,8,10,13H,4,6-7,9H2,1H3,(H,17,20)(H,18,19)/t13-/m0/s1. The first-order chi connectivity index (χ1) is 9.75. The number of fused-ring (bicyclic) bond motifs is 1. The average molecular weight is 269 g/mol. The Balaban J connectivity index is 1.68. The molecular formula is C16H19N3O. The summed E-state index contributed by atoms with van der Waals surface area (Å²) in [5, 5.41) is 9.72. The van der Waals surface area contributed by atoms with E-state index < -0.39 is 0 Å². The Bertz CT molecular complexity index is 618. The van der Waals surface area contributed by atoms with Crippen LogP contribution in [0.25, 0.3) is 0 Å². The first kappa shape index (κ1) is 12.9. The lowest BCUT2D eigenvalue weighted by molar-refractivity contribution is 0.0949. The number of nitrogens with one attached hydrogen (secondary N) is 2. The van der Waals surface area contributed by atoms with Crippen molar-refractivity contribution in [2.75, 3.05) is 6.54 Å². The number of aryl methyl sites for hydroxylation is 2. The molecule has 4 heteroatoms. The summed E-state index contributed by atoms with van der Waals surface area (Å²) < 4.78 is 0. The third kappa shape index (κ3) is 2.46. The minimum absolute atomic E-state index is 0.0423. The summed E-state index contributed by atoms with van der Waals surface area (Å²) in [6, 6.07) is 8.56. The second-order valence-electron chi connectivity index (χ2n) is 5.41. The lowest BCUT2D eigenvalue weighted by Gasteiger charge is -2.25. The molecule has 1 atom stereocenters. The van der Waals surface area contributed by atoms with Crippen LogP contribution in [0.2, 0.25) is 0 Å². The Morgan fingerprint density at radius 3 is 3.10 bits per heavy atom. The molecule has 1 heterocycles. The second kappa shape index (κ2) is 5.49. The van der Waals surface area contributed by atoms with Crippen LogP contribution in [0.3, 0.4) is 0 Å². The van der Waals surface area contributed by atoms with E-state index >= 15 is 0 Å². The first-order valence-electron chi connectivity index (χ1n) is 7.11. The van der Waals surface area contributed by atoms with E-state index in [0.29, 0.717) is 18.0 Å². The molecule has 0 bridgehead atoms. The summed E-state index contributed by atoms with van der Waals surface area (Å²) in [6.07, 6.45) is 5.07. The maximum atomic E-state index is 12.1. The van der Waals surface area contributed by atoms with E-state index in [1.807, 2.05) is 6.92 Å². The Kier molecular flexibility index (Phi) is 3.54. The van der Waals surface area contributed by atoms with Crippen LogP contribution in [0.4, 0.5) is 0 Å². The van der Waals surface area contributed by atoms with Crippen molar-refractivity contribution < 1.29 is 4.79 Å². The maximum Gasteiger partial charge on any atom is 0.254 e. The molecule has 1 aromatic carbocycles. The van der Waals surface area contributed by atoms with Crippen LogP contribution in [0.1, 0.15) is 45.9 Å². The number of aromatic nitrogens is 2. The Labute approximate surface area is 118 Å². The van der Waals surface area contributed by atoms with E-state index in [1.165, 1.54) is 17.5 Å². The van der Waals surface area contributed by atoms with Gasteiger partial charge in [0.2, 0.25) is 0 Å². The summed E-state index contributed by atoms with van der Waals surface area (Å²) in [6.45, 7) is 2.55.